The van der Waals surface area contributed by atoms with E-state index in [1.165, 1.54) is 0 Å². The molecule has 0 aliphatic heterocycles. The van der Waals surface area contributed by atoms with Crippen LogP contribution in [0.4, 0.5) is 4.79 Å². The first-order chi connectivity index (χ1) is 12.8. The van der Waals surface area contributed by atoms with Gasteiger partial charge in [0.15, 0.2) is 0 Å². The largest absolute Gasteiger partial charge is 0.451 e. The molecule has 0 rings (SSSR count). The second-order valence-electron chi connectivity index (χ2n) is 4.75. The number of carbonyl (C=O) groups is 1. The molecule has 0 N–H and O–H groups in total. The number of hydrogen-bond donors (Lipinski definition) is 0. The van der Waals surface area contributed by atoms with E-state index >= 15 is 0 Å². The summed E-state index contributed by atoms with van der Waals surface area (Å²) < 4.78 is 41.1. The molecule has 0 atom stereocenters. The Kier molecular flexibility index (Phi) is 22.1. The van der Waals surface area contributed by atoms with Gasteiger partial charge in [0.25, 0.3) is 0 Å². The predicted octanol–water partition coefficient (Wildman–Crippen LogP) is 1.11. The Labute approximate surface area is 160 Å². The molecule has 9 nitrogen and oxygen atoms in total. The molecule has 0 radical (unpaired) electrons. The van der Waals surface area contributed by atoms with Crippen molar-refractivity contribution in [2.24, 2.45) is 0 Å². The Morgan fingerprint density at radius 3 is 1.08 bits per heavy atom. The highest BCUT2D eigenvalue weighted by atomic mass is 35.5. The minimum Gasteiger partial charge on any atom is -0.451 e. The van der Waals surface area contributed by atoms with Crippen molar-refractivity contribution in [1.82, 2.24) is 0 Å². The summed E-state index contributed by atoms with van der Waals surface area (Å²) in [5.74, 6) is 0. The third kappa shape index (κ3) is 23.5. The van der Waals surface area contributed by atoms with Gasteiger partial charge in [0.05, 0.1) is 85.9 Å². The average Bonchev–Trinajstić information content (AvgIpc) is 2.62. The first-order valence-electron chi connectivity index (χ1n) is 8.55. The fourth-order valence-electron chi connectivity index (χ4n) is 1.52. The molecule has 0 spiro atoms. The zero-order valence-electron chi connectivity index (χ0n) is 15.5. The molecule has 0 amide bonds. The number of carbonyl (C=O) groups excluding carboxylic acids is 1. The molecule has 0 aromatic rings. The van der Waals surface area contributed by atoms with Crippen LogP contribution >= 0.6 is 11.6 Å². The minimum absolute atomic E-state index is 0.138. The monoisotopic (exact) mass is 402 g/mol. The normalized spacial score (nSPS) is 11.0. The molecule has 0 saturated carbocycles. The Balaban J connectivity index is 2.98. The number of halogens is 1. The third-order valence-corrected chi connectivity index (χ3v) is 2.84. The van der Waals surface area contributed by atoms with Crippen LogP contribution in [0.25, 0.3) is 0 Å². The maximum Gasteiger partial charge on any atom is 0.403 e. The first-order valence-corrected chi connectivity index (χ1v) is 8.92. The summed E-state index contributed by atoms with van der Waals surface area (Å²) in [7, 11) is 1.64. The fraction of sp³-hybridized carbons (Fsp3) is 0.938. The molecule has 0 aromatic carbocycles. The van der Waals surface area contributed by atoms with Crippen LogP contribution < -0.4 is 0 Å². The van der Waals surface area contributed by atoms with Gasteiger partial charge in [-0.15, -0.1) is 0 Å². The van der Waals surface area contributed by atoms with Crippen molar-refractivity contribution in [3.8, 4) is 0 Å². The average molecular weight is 403 g/mol. The molecule has 0 aliphatic rings. The lowest BCUT2D eigenvalue weighted by Crippen LogP contribution is -2.14. The van der Waals surface area contributed by atoms with Gasteiger partial charge < -0.3 is 37.9 Å². The maximum atomic E-state index is 10.3. The van der Waals surface area contributed by atoms with Gasteiger partial charge in [0.1, 0.15) is 6.61 Å². The summed E-state index contributed by atoms with van der Waals surface area (Å²) >= 11 is 4.99. The van der Waals surface area contributed by atoms with Gasteiger partial charge >= 0.3 is 5.43 Å². The van der Waals surface area contributed by atoms with Crippen molar-refractivity contribution in [3.05, 3.63) is 0 Å². The zero-order valence-corrected chi connectivity index (χ0v) is 16.2. The van der Waals surface area contributed by atoms with E-state index in [-0.39, 0.29) is 6.61 Å². The summed E-state index contributed by atoms with van der Waals surface area (Å²) in [4.78, 5) is 10.3. The molecule has 0 heterocycles. The van der Waals surface area contributed by atoms with E-state index < -0.39 is 5.43 Å². The van der Waals surface area contributed by atoms with E-state index in [2.05, 4.69) is 4.74 Å². The maximum absolute atomic E-state index is 10.3. The Morgan fingerprint density at radius 2 is 0.808 bits per heavy atom. The van der Waals surface area contributed by atoms with Crippen LogP contribution in [0, 0.1) is 0 Å². The molecule has 0 fully saturated rings. The lowest BCUT2D eigenvalue weighted by Gasteiger charge is -2.08. The third-order valence-electron chi connectivity index (χ3n) is 2.74. The summed E-state index contributed by atoms with van der Waals surface area (Å²) in [6.45, 7) is 6.59. The molecule has 156 valence electrons. The Bertz CT molecular complexity index is 295. The van der Waals surface area contributed by atoms with E-state index in [4.69, 9.17) is 44.8 Å². The van der Waals surface area contributed by atoms with E-state index in [0.717, 1.165) is 0 Å². The van der Waals surface area contributed by atoms with E-state index in [1.54, 1.807) is 7.11 Å². The minimum atomic E-state index is -0.832. The summed E-state index contributed by atoms with van der Waals surface area (Å²) in [6.07, 6.45) is 0. The lowest BCUT2D eigenvalue weighted by atomic mass is 10.6. The second-order valence-corrected chi connectivity index (χ2v) is 5.06. The highest BCUT2D eigenvalue weighted by Crippen LogP contribution is 1.87. The van der Waals surface area contributed by atoms with Crippen LogP contribution in [0.2, 0.25) is 0 Å². The van der Waals surface area contributed by atoms with Crippen molar-refractivity contribution in [1.29, 1.82) is 0 Å². The van der Waals surface area contributed by atoms with Crippen molar-refractivity contribution >= 4 is 17.0 Å². The molecule has 10 heteroatoms. The van der Waals surface area contributed by atoms with Crippen molar-refractivity contribution in [2.45, 2.75) is 0 Å². The van der Waals surface area contributed by atoms with Crippen molar-refractivity contribution in [3.63, 3.8) is 0 Å². The number of rotatable bonds is 21. The molecule has 0 aromatic heterocycles. The second kappa shape index (κ2) is 22.5. The van der Waals surface area contributed by atoms with Crippen molar-refractivity contribution < 1.29 is 42.7 Å². The molecule has 26 heavy (non-hydrogen) atoms. The van der Waals surface area contributed by atoms with Crippen molar-refractivity contribution in [2.75, 3.05) is 99.6 Å². The smallest absolute Gasteiger partial charge is 0.403 e. The Morgan fingerprint density at radius 1 is 0.538 bits per heavy atom. The van der Waals surface area contributed by atoms with Gasteiger partial charge in [-0.3, -0.25) is 0 Å². The Hall–Kier alpha value is -0.520. The van der Waals surface area contributed by atoms with Crippen LogP contribution in [-0.2, 0) is 37.9 Å². The van der Waals surface area contributed by atoms with Gasteiger partial charge in [-0.25, -0.2) is 4.79 Å². The standard InChI is InChI=1S/C16H31ClO9/c1-19-2-3-20-4-5-21-6-7-22-8-9-23-10-11-24-12-13-25-14-15-26-16(17)18/h2-15H2,1H3. The molecular weight excluding hydrogens is 372 g/mol. The SMILES string of the molecule is COCCOCCOCCOCCOCCOCCOCCOC(=O)Cl. The molecule has 0 bridgehead atoms. The van der Waals surface area contributed by atoms with Crippen LogP contribution in [-0.4, -0.2) is 105 Å². The topological polar surface area (TPSA) is 90.9 Å². The van der Waals surface area contributed by atoms with Gasteiger partial charge in [-0.1, -0.05) is 0 Å². The quantitative estimate of drug-likeness (QED) is 0.207. The van der Waals surface area contributed by atoms with Gasteiger partial charge in [-0.05, 0) is 0 Å². The van der Waals surface area contributed by atoms with Crippen LogP contribution in [0.15, 0.2) is 0 Å². The van der Waals surface area contributed by atoms with Crippen LogP contribution in [0.3, 0.4) is 0 Å². The van der Waals surface area contributed by atoms with E-state index in [0.29, 0.717) is 85.9 Å². The van der Waals surface area contributed by atoms with Gasteiger partial charge in [0, 0.05) is 18.7 Å². The van der Waals surface area contributed by atoms with E-state index in [9.17, 15) is 4.79 Å². The number of methoxy groups -OCH3 is 1. The molecule has 0 unspecified atom stereocenters. The predicted molar refractivity (Wildman–Crippen MR) is 94.0 cm³/mol. The zero-order chi connectivity index (χ0) is 19.1. The summed E-state index contributed by atoms with van der Waals surface area (Å²) in [5, 5.41) is 0. The highest BCUT2D eigenvalue weighted by Gasteiger charge is 1.96. The van der Waals surface area contributed by atoms with Gasteiger partial charge in [-0.2, -0.15) is 0 Å². The molecule has 0 aliphatic carbocycles. The van der Waals surface area contributed by atoms with Crippen LogP contribution in [0.5, 0.6) is 0 Å². The highest BCUT2D eigenvalue weighted by molar-refractivity contribution is 6.61. The fourth-order valence-corrected chi connectivity index (χ4v) is 1.60. The summed E-state index contributed by atoms with van der Waals surface area (Å²) in [6, 6.07) is 0. The molecular formula is C16H31ClO9. The summed E-state index contributed by atoms with van der Waals surface area (Å²) in [5.41, 5.74) is -0.832. The van der Waals surface area contributed by atoms with E-state index in [1.807, 2.05) is 0 Å². The van der Waals surface area contributed by atoms with Gasteiger partial charge in [0.2, 0.25) is 0 Å². The van der Waals surface area contributed by atoms with Crippen LogP contribution in [0.1, 0.15) is 0 Å². The lowest BCUT2D eigenvalue weighted by molar-refractivity contribution is -0.0203. The number of hydrogen-bond acceptors (Lipinski definition) is 9. The number of ether oxygens (including phenoxy) is 8. The molecule has 0 saturated heterocycles. The first kappa shape index (κ1) is 25.5.